The van der Waals surface area contributed by atoms with Crippen molar-refractivity contribution in [1.82, 2.24) is 10.2 Å². The van der Waals surface area contributed by atoms with E-state index in [1.54, 1.807) is 35.6 Å². The van der Waals surface area contributed by atoms with Crippen molar-refractivity contribution in [3.63, 3.8) is 0 Å². The number of carbonyl (C=O) groups excluding carboxylic acids is 1. The lowest BCUT2D eigenvalue weighted by Gasteiger charge is -2.26. The third kappa shape index (κ3) is 5.15. The fourth-order valence-electron chi connectivity index (χ4n) is 3.75. The molecule has 0 aliphatic carbocycles. The summed E-state index contributed by atoms with van der Waals surface area (Å²) in [4.78, 5) is 16.6. The second-order valence-electron chi connectivity index (χ2n) is 7.66. The predicted molar refractivity (Wildman–Crippen MR) is 125 cm³/mol. The molecule has 1 fully saturated rings. The molecule has 8 heteroatoms. The van der Waals surface area contributed by atoms with Crippen LogP contribution >= 0.6 is 11.3 Å². The molecule has 1 N–H and O–H groups in total. The van der Waals surface area contributed by atoms with Crippen molar-refractivity contribution in [3.05, 3.63) is 54.1 Å². The number of morpholine rings is 1. The number of hydrogen-bond donors (Lipinski definition) is 1. The fraction of sp³-hybridized carbons (Fsp3) is 0.348. The van der Waals surface area contributed by atoms with Crippen molar-refractivity contribution in [2.24, 2.45) is 0 Å². The Kier molecular flexibility index (Phi) is 6.71. The van der Waals surface area contributed by atoms with Gasteiger partial charge in [-0.25, -0.2) is 8.42 Å². The molecule has 0 saturated carbocycles. The lowest BCUT2D eigenvalue weighted by atomic mass is 10.1. The van der Waals surface area contributed by atoms with E-state index in [1.165, 1.54) is 6.26 Å². The van der Waals surface area contributed by atoms with Crippen LogP contribution in [0.25, 0.3) is 20.5 Å². The zero-order valence-electron chi connectivity index (χ0n) is 17.5. The number of nitrogens with one attached hydrogen (secondary N) is 1. The Morgan fingerprint density at radius 2 is 1.81 bits per heavy atom. The van der Waals surface area contributed by atoms with E-state index in [4.69, 9.17) is 4.74 Å². The van der Waals surface area contributed by atoms with Gasteiger partial charge in [-0.05, 0) is 36.7 Å². The number of carbonyl (C=O) groups is 1. The largest absolute Gasteiger partial charge is 0.379 e. The number of ether oxygens (including phenoxy) is 1. The molecule has 1 saturated heterocycles. The highest BCUT2D eigenvalue weighted by atomic mass is 32.2. The molecular formula is C23H26N2O4S2. The number of hydrogen-bond acceptors (Lipinski definition) is 6. The average molecular weight is 459 g/mol. The molecule has 3 aromatic rings. The summed E-state index contributed by atoms with van der Waals surface area (Å²) in [6.45, 7) is 4.97. The van der Waals surface area contributed by atoms with Crippen molar-refractivity contribution >= 4 is 37.2 Å². The number of amides is 1. The highest BCUT2D eigenvalue weighted by molar-refractivity contribution is 7.90. The first-order valence-electron chi connectivity index (χ1n) is 10.3. The molecule has 1 amide bonds. The Balaban J connectivity index is 1.54. The van der Waals surface area contributed by atoms with Gasteiger partial charge >= 0.3 is 0 Å². The number of benzene rings is 2. The minimum Gasteiger partial charge on any atom is -0.379 e. The maximum Gasteiger partial charge on any atom is 0.253 e. The molecule has 2 aromatic carbocycles. The summed E-state index contributed by atoms with van der Waals surface area (Å²) in [6.07, 6.45) is 2.07. The minimum atomic E-state index is -3.26. The molecule has 0 bridgehead atoms. The van der Waals surface area contributed by atoms with Crippen LogP contribution in [-0.2, 0) is 14.6 Å². The first-order chi connectivity index (χ1) is 14.9. The Bertz CT molecular complexity index is 1160. The second-order valence-corrected chi connectivity index (χ2v) is 10.7. The molecule has 0 spiro atoms. The van der Waals surface area contributed by atoms with E-state index in [2.05, 4.69) is 10.2 Å². The molecule has 1 aliphatic rings. The van der Waals surface area contributed by atoms with Gasteiger partial charge < -0.3 is 10.1 Å². The summed E-state index contributed by atoms with van der Waals surface area (Å²) < 4.78 is 30.0. The molecule has 164 valence electrons. The first-order valence-corrected chi connectivity index (χ1v) is 13.0. The van der Waals surface area contributed by atoms with Crippen molar-refractivity contribution in [3.8, 4) is 10.4 Å². The van der Waals surface area contributed by atoms with E-state index in [0.29, 0.717) is 12.1 Å². The molecule has 0 atom stereocenters. The van der Waals surface area contributed by atoms with Crippen molar-refractivity contribution < 1.29 is 17.9 Å². The van der Waals surface area contributed by atoms with Crippen LogP contribution in [0.2, 0.25) is 0 Å². The third-order valence-electron chi connectivity index (χ3n) is 5.41. The van der Waals surface area contributed by atoms with Crippen LogP contribution in [0.15, 0.2) is 53.4 Å². The molecule has 4 rings (SSSR count). The van der Waals surface area contributed by atoms with E-state index in [1.807, 2.05) is 24.3 Å². The number of rotatable bonds is 7. The normalized spacial score (nSPS) is 15.3. The van der Waals surface area contributed by atoms with Crippen LogP contribution in [0.5, 0.6) is 0 Å². The van der Waals surface area contributed by atoms with Gasteiger partial charge in [0.25, 0.3) is 5.91 Å². The average Bonchev–Trinajstić information content (AvgIpc) is 3.16. The SMILES string of the molecule is CS(=O)(=O)c1ccc(-c2sc3ccccc3c2C(=O)NCCCN2CCOCC2)cc1. The zero-order chi connectivity index (χ0) is 21.8. The Labute approximate surface area is 186 Å². The summed E-state index contributed by atoms with van der Waals surface area (Å²) in [5, 5.41) is 3.99. The van der Waals surface area contributed by atoms with Crippen LogP contribution in [0, 0.1) is 0 Å². The van der Waals surface area contributed by atoms with Crippen molar-refractivity contribution in [1.29, 1.82) is 0 Å². The highest BCUT2D eigenvalue weighted by Crippen LogP contribution is 2.38. The van der Waals surface area contributed by atoms with Crippen LogP contribution in [0.1, 0.15) is 16.8 Å². The predicted octanol–water partition coefficient (Wildman–Crippen LogP) is 3.42. The smallest absolute Gasteiger partial charge is 0.253 e. The summed E-state index contributed by atoms with van der Waals surface area (Å²) in [5.41, 5.74) is 1.49. The van der Waals surface area contributed by atoms with Crippen LogP contribution in [-0.4, -0.2) is 64.9 Å². The lowest BCUT2D eigenvalue weighted by Crippen LogP contribution is -2.38. The molecule has 1 aromatic heterocycles. The van der Waals surface area contributed by atoms with Gasteiger partial charge in [-0.1, -0.05) is 30.3 Å². The number of sulfone groups is 1. The van der Waals surface area contributed by atoms with E-state index >= 15 is 0 Å². The summed E-state index contributed by atoms with van der Waals surface area (Å²) in [6, 6.07) is 14.6. The van der Waals surface area contributed by atoms with Gasteiger partial charge in [-0.2, -0.15) is 0 Å². The van der Waals surface area contributed by atoms with E-state index in [-0.39, 0.29) is 10.8 Å². The van der Waals surface area contributed by atoms with Gasteiger partial charge in [-0.3, -0.25) is 9.69 Å². The molecule has 1 aliphatic heterocycles. The quantitative estimate of drug-likeness (QED) is 0.549. The first kappa shape index (κ1) is 22.0. The summed E-state index contributed by atoms with van der Waals surface area (Å²) >= 11 is 1.55. The van der Waals surface area contributed by atoms with Gasteiger partial charge in [0, 0.05) is 40.9 Å². The standard InChI is InChI=1S/C23H26N2O4S2/c1-31(27,28)18-9-7-17(8-10-18)22-21(19-5-2-3-6-20(19)30-22)23(26)24-11-4-12-25-13-15-29-16-14-25/h2-3,5-10H,4,11-16H2,1H3,(H,24,26). The second kappa shape index (κ2) is 9.48. The van der Waals surface area contributed by atoms with Crippen molar-refractivity contribution in [2.75, 3.05) is 45.6 Å². The van der Waals surface area contributed by atoms with E-state index in [9.17, 15) is 13.2 Å². The van der Waals surface area contributed by atoms with Crippen LogP contribution in [0.3, 0.4) is 0 Å². The molecule has 31 heavy (non-hydrogen) atoms. The minimum absolute atomic E-state index is 0.0957. The lowest BCUT2D eigenvalue weighted by molar-refractivity contribution is 0.0374. The van der Waals surface area contributed by atoms with Crippen molar-refractivity contribution in [2.45, 2.75) is 11.3 Å². The molecular weight excluding hydrogens is 432 g/mol. The molecule has 2 heterocycles. The van der Waals surface area contributed by atoms with Crippen LogP contribution in [0.4, 0.5) is 0 Å². The molecule has 0 unspecified atom stereocenters. The maximum atomic E-state index is 13.2. The fourth-order valence-corrected chi connectivity index (χ4v) is 5.58. The molecule has 0 radical (unpaired) electrons. The topological polar surface area (TPSA) is 75.7 Å². The Morgan fingerprint density at radius 1 is 1.10 bits per heavy atom. The van der Waals surface area contributed by atoms with Gasteiger partial charge in [0.15, 0.2) is 9.84 Å². The Hall–Kier alpha value is -2.26. The van der Waals surface area contributed by atoms with E-state index < -0.39 is 9.84 Å². The zero-order valence-corrected chi connectivity index (χ0v) is 19.1. The Morgan fingerprint density at radius 3 is 2.52 bits per heavy atom. The number of fused-ring (bicyclic) bond motifs is 1. The monoisotopic (exact) mass is 458 g/mol. The van der Waals surface area contributed by atoms with Gasteiger partial charge in [0.1, 0.15) is 0 Å². The van der Waals surface area contributed by atoms with Gasteiger partial charge in [-0.15, -0.1) is 11.3 Å². The number of nitrogens with zero attached hydrogens (tertiary/aromatic N) is 1. The highest BCUT2D eigenvalue weighted by Gasteiger charge is 2.20. The maximum absolute atomic E-state index is 13.2. The van der Waals surface area contributed by atoms with Gasteiger partial charge in [0.2, 0.25) is 0 Å². The van der Waals surface area contributed by atoms with E-state index in [0.717, 1.165) is 59.8 Å². The van der Waals surface area contributed by atoms with Crippen LogP contribution < -0.4 is 5.32 Å². The molecule has 6 nitrogen and oxygen atoms in total. The van der Waals surface area contributed by atoms with Gasteiger partial charge in [0.05, 0.1) is 23.7 Å². The third-order valence-corrected chi connectivity index (χ3v) is 7.76. The summed E-state index contributed by atoms with van der Waals surface area (Å²) in [5.74, 6) is -0.0957. The summed E-state index contributed by atoms with van der Waals surface area (Å²) in [7, 11) is -3.26. The number of thiophene rings is 1.